The number of benzene rings is 2. The van der Waals surface area contributed by atoms with Crippen molar-refractivity contribution < 1.29 is 24.2 Å². The molecule has 1 unspecified atom stereocenters. The Morgan fingerprint density at radius 1 is 1.12 bits per heavy atom. The summed E-state index contributed by atoms with van der Waals surface area (Å²) in [7, 11) is 1.59. The van der Waals surface area contributed by atoms with Crippen LogP contribution in [0.25, 0.3) is 5.76 Å². The van der Waals surface area contributed by atoms with Gasteiger partial charge >= 0.3 is 0 Å². The molecule has 7 heteroatoms. The second kappa shape index (κ2) is 10.6. The Balaban J connectivity index is 2.16. The second-order valence-corrected chi connectivity index (χ2v) is 9.69. The number of nitrogens with zero attached hydrogens (tertiary/aromatic N) is 1. The van der Waals surface area contributed by atoms with E-state index in [4.69, 9.17) is 21.1 Å². The van der Waals surface area contributed by atoms with Gasteiger partial charge in [0, 0.05) is 25.8 Å². The summed E-state index contributed by atoms with van der Waals surface area (Å²) < 4.78 is 10.7. The number of amides is 1. The van der Waals surface area contributed by atoms with Gasteiger partial charge in [0.15, 0.2) is 0 Å². The molecule has 6 nitrogen and oxygen atoms in total. The number of methoxy groups -OCH3 is 1. The number of carbonyl (C=O) groups excluding carboxylic acids is 2. The Kier molecular flexibility index (Phi) is 8.05. The molecule has 1 atom stereocenters. The summed E-state index contributed by atoms with van der Waals surface area (Å²) in [4.78, 5) is 27.7. The molecule has 1 saturated heterocycles. The van der Waals surface area contributed by atoms with E-state index in [0.29, 0.717) is 31.9 Å². The average Bonchev–Trinajstić information content (AvgIpc) is 3.05. The van der Waals surface area contributed by atoms with Gasteiger partial charge < -0.3 is 19.5 Å². The number of Topliss-reactive ketones (excluding diaryl/α,β-unsaturated/α-hetero) is 1. The summed E-state index contributed by atoms with van der Waals surface area (Å²) in [6.45, 7) is 9.39. The molecule has 2 aromatic rings. The highest BCUT2D eigenvalue weighted by Crippen LogP contribution is 2.41. The first-order valence-corrected chi connectivity index (χ1v) is 11.8. The van der Waals surface area contributed by atoms with E-state index in [0.717, 1.165) is 11.1 Å². The molecule has 182 valence electrons. The first-order chi connectivity index (χ1) is 16.1. The van der Waals surface area contributed by atoms with E-state index >= 15 is 0 Å². The number of likely N-dealkylation sites (tertiary alicyclic amines) is 1. The maximum Gasteiger partial charge on any atom is 0.295 e. The van der Waals surface area contributed by atoms with Crippen LogP contribution in [0.3, 0.4) is 0 Å². The zero-order valence-electron chi connectivity index (χ0n) is 20.4. The molecule has 0 spiro atoms. The molecular weight excluding hydrogens is 454 g/mol. The van der Waals surface area contributed by atoms with E-state index < -0.39 is 17.7 Å². The molecule has 1 aliphatic rings. The molecule has 0 aromatic heterocycles. The van der Waals surface area contributed by atoms with Gasteiger partial charge in [-0.25, -0.2) is 0 Å². The molecule has 1 amide bonds. The van der Waals surface area contributed by atoms with Gasteiger partial charge in [0.25, 0.3) is 11.7 Å². The number of rotatable bonds is 8. The number of hydrogen-bond donors (Lipinski definition) is 1. The van der Waals surface area contributed by atoms with Crippen molar-refractivity contribution >= 4 is 29.1 Å². The third-order valence-electron chi connectivity index (χ3n) is 5.88. The Bertz CT molecular complexity index is 1090. The zero-order chi connectivity index (χ0) is 25.0. The monoisotopic (exact) mass is 485 g/mol. The fraction of sp³-hybridized carbons (Fsp3) is 0.407. The summed E-state index contributed by atoms with van der Waals surface area (Å²) in [6, 6.07) is 11.9. The molecule has 34 heavy (non-hydrogen) atoms. The Morgan fingerprint density at radius 2 is 1.79 bits per heavy atom. The molecule has 1 heterocycles. The van der Waals surface area contributed by atoms with E-state index in [-0.39, 0.29) is 27.3 Å². The molecule has 0 saturated carbocycles. The van der Waals surface area contributed by atoms with Gasteiger partial charge in [-0.15, -0.1) is 0 Å². The Labute approximate surface area is 206 Å². The molecule has 2 aromatic carbocycles. The minimum absolute atomic E-state index is 0.0153. The SMILES string of the molecule is CCOc1ccc(Cl)c(/C(O)=C2\C(=O)C(=O)N(CCCOC)C2c2ccc(C(C)(C)C)cc2)c1. The van der Waals surface area contributed by atoms with Crippen molar-refractivity contribution in [1.82, 2.24) is 4.90 Å². The van der Waals surface area contributed by atoms with E-state index in [1.807, 2.05) is 31.2 Å². The quantitative estimate of drug-likeness (QED) is 0.231. The number of halogens is 1. The predicted molar refractivity (Wildman–Crippen MR) is 133 cm³/mol. The fourth-order valence-corrected chi connectivity index (χ4v) is 4.30. The van der Waals surface area contributed by atoms with Crippen molar-refractivity contribution in [3.05, 3.63) is 69.8 Å². The van der Waals surface area contributed by atoms with Gasteiger partial charge in [-0.05, 0) is 48.1 Å². The maximum absolute atomic E-state index is 13.2. The van der Waals surface area contributed by atoms with Crippen molar-refractivity contribution in [3.63, 3.8) is 0 Å². The first kappa shape index (κ1) is 25.8. The molecule has 3 rings (SSSR count). The van der Waals surface area contributed by atoms with Crippen LogP contribution in [0.1, 0.15) is 56.8 Å². The standard InChI is InChI=1S/C27H32ClNO5/c1-6-34-19-12-13-21(28)20(16-19)24(30)22-23(17-8-10-18(11-9-17)27(2,3)4)29(14-7-15-33-5)26(32)25(22)31/h8-13,16,23,30H,6-7,14-15H2,1-5H3/b24-22+. The minimum atomic E-state index is -0.738. The normalized spacial score (nSPS) is 17.9. The summed E-state index contributed by atoms with van der Waals surface area (Å²) in [5.74, 6) is -1.20. The molecule has 1 fully saturated rings. The van der Waals surface area contributed by atoms with Crippen molar-refractivity contribution in [2.24, 2.45) is 0 Å². The lowest BCUT2D eigenvalue weighted by Crippen LogP contribution is -2.31. The van der Waals surface area contributed by atoms with Gasteiger partial charge in [-0.2, -0.15) is 0 Å². The highest BCUT2D eigenvalue weighted by atomic mass is 35.5. The van der Waals surface area contributed by atoms with E-state index in [1.54, 1.807) is 25.3 Å². The smallest absolute Gasteiger partial charge is 0.295 e. The molecular formula is C27H32ClNO5. The molecule has 1 N–H and O–H groups in total. The summed E-state index contributed by atoms with van der Waals surface area (Å²) in [5, 5.41) is 11.6. The largest absolute Gasteiger partial charge is 0.507 e. The molecule has 0 bridgehead atoms. The number of ketones is 1. The Hall–Kier alpha value is -2.83. The van der Waals surface area contributed by atoms with Crippen LogP contribution in [0.15, 0.2) is 48.0 Å². The van der Waals surface area contributed by atoms with Gasteiger partial charge in [0.2, 0.25) is 0 Å². The van der Waals surface area contributed by atoms with Crippen LogP contribution in [0.5, 0.6) is 5.75 Å². The number of ether oxygens (including phenoxy) is 2. The summed E-state index contributed by atoms with van der Waals surface area (Å²) in [6.07, 6.45) is 0.556. The second-order valence-electron chi connectivity index (χ2n) is 9.29. The lowest BCUT2D eigenvalue weighted by Gasteiger charge is -2.26. The van der Waals surface area contributed by atoms with E-state index in [2.05, 4.69) is 20.8 Å². The van der Waals surface area contributed by atoms with Gasteiger partial charge in [-0.3, -0.25) is 9.59 Å². The number of aliphatic hydroxyl groups is 1. The number of carbonyl (C=O) groups is 2. The zero-order valence-corrected chi connectivity index (χ0v) is 21.1. The van der Waals surface area contributed by atoms with Gasteiger partial charge in [0.05, 0.1) is 23.2 Å². The van der Waals surface area contributed by atoms with E-state index in [1.165, 1.54) is 4.90 Å². The topological polar surface area (TPSA) is 76.1 Å². The minimum Gasteiger partial charge on any atom is -0.507 e. The average molecular weight is 486 g/mol. The van der Waals surface area contributed by atoms with Gasteiger partial charge in [-0.1, -0.05) is 56.6 Å². The van der Waals surface area contributed by atoms with Gasteiger partial charge in [0.1, 0.15) is 11.5 Å². The number of hydrogen-bond acceptors (Lipinski definition) is 5. The lowest BCUT2D eigenvalue weighted by atomic mass is 9.85. The van der Waals surface area contributed by atoms with Crippen LogP contribution in [0, 0.1) is 0 Å². The molecule has 0 aliphatic carbocycles. The van der Waals surface area contributed by atoms with Crippen LogP contribution in [-0.2, 0) is 19.7 Å². The van der Waals surface area contributed by atoms with Crippen molar-refractivity contribution in [2.75, 3.05) is 26.9 Å². The van der Waals surface area contributed by atoms with Crippen LogP contribution < -0.4 is 4.74 Å². The van der Waals surface area contributed by atoms with Crippen LogP contribution >= 0.6 is 11.6 Å². The maximum atomic E-state index is 13.2. The first-order valence-electron chi connectivity index (χ1n) is 11.4. The van der Waals surface area contributed by atoms with Crippen molar-refractivity contribution in [3.8, 4) is 5.75 Å². The van der Waals surface area contributed by atoms with Crippen molar-refractivity contribution in [1.29, 1.82) is 0 Å². The molecule has 1 aliphatic heterocycles. The Morgan fingerprint density at radius 3 is 2.38 bits per heavy atom. The summed E-state index contributed by atoms with van der Waals surface area (Å²) >= 11 is 6.38. The van der Waals surface area contributed by atoms with E-state index in [9.17, 15) is 14.7 Å². The fourth-order valence-electron chi connectivity index (χ4n) is 4.09. The van der Waals surface area contributed by atoms with Crippen molar-refractivity contribution in [2.45, 2.75) is 45.6 Å². The van der Waals surface area contributed by atoms with Crippen LogP contribution in [0.2, 0.25) is 5.02 Å². The third kappa shape index (κ3) is 5.29. The summed E-state index contributed by atoms with van der Waals surface area (Å²) in [5.41, 5.74) is 2.08. The highest BCUT2D eigenvalue weighted by Gasteiger charge is 2.46. The third-order valence-corrected chi connectivity index (χ3v) is 6.21. The van der Waals surface area contributed by atoms with Crippen LogP contribution in [0.4, 0.5) is 0 Å². The highest BCUT2D eigenvalue weighted by molar-refractivity contribution is 6.47. The number of aliphatic hydroxyl groups excluding tert-OH is 1. The lowest BCUT2D eigenvalue weighted by molar-refractivity contribution is -0.140. The molecule has 0 radical (unpaired) electrons. The van der Waals surface area contributed by atoms with Crippen LogP contribution in [-0.4, -0.2) is 48.6 Å². The predicted octanol–water partition coefficient (Wildman–Crippen LogP) is 5.49.